The zero-order chi connectivity index (χ0) is 27.4. The van der Waals surface area contributed by atoms with Crippen molar-refractivity contribution in [3.63, 3.8) is 0 Å². The normalized spacial score (nSPS) is 17.0. The average molecular weight is 556 g/mol. The molecule has 0 spiro atoms. The molecular weight excluding hydrogens is 525 g/mol. The number of halogens is 1. The van der Waals surface area contributed by atoms with E-state index in [1.807, 2.05) is 6.92 Å². The van der Waals surface area contributed by atoms with Crippen molar-refractivity contribution in [2.45, 2.75) is 26.8 Å². The van der Waals surface area contributed by atoms with E-state index in [4.69, 9.17) is 17.0 Å². The fourth-order valence-electron chi connectivity index (χ4n) is 4.80. The lowest BCUT2D eigenvalue weighted by molar-refractivity contribution is -0.122. The molecule has 0 atom stereocenters. The zero-order valence-electron chi connectivity index (χ0n) is 21.7. The van der Waals surface area contributed by atoms with E-state index < -0.39 is 0 Å². The summed E-state index contributed by atoms with van der Waals surface area (Å²) in [7, 11) is 1.61. The van der Waals surface area contributed by atoms with Crippen LogP contribution in [0.25, 0.3) is 6.08 Å². The molecule has 1 aromatic heterocycles. The van der Waals surface area contributed by atoms with E-state index >= 15 is 0 Å². The van der Waals surface area contributed by atoms with Gasteiger partial charge in [-0.25, -0.2) is 4.39 Å². The molecule has 8 nitrogen and oxygen atoms in total. The van der Waals surface area contributed by atoms with Crippen LogP contribution >= 0.6 is 24.0 Å². The van der Waals surface area contributed by atoms with Crippen LogP contribution in [0.15, 0.2) is 34.0 Å². The summed E-state index contributed by atoms with van der Waals surface area (Å²) < 4.78 is 20.6. The number of hydrogen-bond acceptors (Lipinski definition) is 8. The molecule has 3 heterocycles. The van der Waals surface area contributed by atoms with Crippen LogP contribution in [0.5, 0.6) is 0 Å². The van der Waals surface area contributed by atoms with Gasteiger partial charge in [-0.1, -0.05) is 24.0 Å². The van der Waals surface area contributed by atoms with Crippen LogP contribution in [0.2, 0.25) is 0 Å². The first-order valence-electron chi connectivity index (χ1n) is 12.5. The summed E-state index contributed by atoms with van der Waals surface area (Å²) in [6.07, 6.45) is 2.44. The number of nitrogens with zero attached hydrogens (tertiary/aromatic N) is 5. The summed E-state index contributed by atoms with van der Waals surface area (Å²) in [4.78, 5) is 32.9. The third-order valence-corrected chi connectivity index (χ3v) is 8.19. The molecule has 200 valence electrons. The van der Waals surface area contributed by atoms with Gasteiger partial charge in [0, 0.05) is 64.2 Å². The molecule has 0 aliphatic carbocycles. The highest BCUT2D eigenvalue weighted by Gasteiger charge is 2.33. The molecule has 1 aromatic carbocycles. The van der Waals surface area contributed by atoms with E-state index in [2.05, 4.69) is 15.9 Å². The Morgan fingerprint density at radius 3 is 2.42 bits per heavy atom. The molecule has 0 bridgehead atoms. The summed E-state index contributed by atoms with van der Waals surface area (Å²) in [5.41, 5.74) is 1.89. The Balaban J connectivity index is 1.71. The SMILES string of the molecule is CCn1c(N2CCN(c3ccc(F)cc3)CC2)c(/C=C2\SC(=S)N(CCCOC)C2=O)c(C)c(C#N)c1=O. The molecule has 2 aliphatic rings. The Hall–Kier alpha value is -3.20. The summed E-state index contributed by atoms with van der Waals surface area (Å²) in [6.45, 7) is 7.55. The highest BCUT2D eigenvalue weighted by Crippen LogP contribution is 2.36. The molecule has 0 saturated carbocycles. The maximum atomic E-state index is 13.4. The average Bonchev–Trinajstić information content (AvgIpc) is 3.18. The second kappa shape index (κ2) is 12.1. The number of anilines is 2. The lowest BCUT2D eigenvalue weighted by Crippen LogP contribution is -2.48. The summed E-state index contributed by atoms with van der Waals surface area (Å²) >= 11 is 6.71. The quantitative estimate of drug-likeness (QED) is 0.277. The number of benzene rings is 1. The van der Waals surface area contributed by atoms with E-state index in [9.17, 15) is 19.2 Å². The largest absolute Gasteiger partial charge is 0.385 e. The number of aromatic nitrogens is 1. The van der Waals surface area contributed by atoms with Crippen LogP contribution in [0.1, 0.15) is 30.0 Å². The highest BCUT2D eigenvalue weighted by atomic mass is 32.2. The molecule has 1 amide bonds. The van der Waals surface area contributed by atoms with Crippen molar-refractivity contribution in [3.8, 4) is 6.07 Å². The van der Waals surface area contributed by atoms with Crippen molar-refractivity contribution in [2.75, 3.05) is 56.2 Å². The van der Waals surface area contributed by atoms with Gasteiger partial charge in [0.15, 0.2) is 0 Å². The van der Waals surface area contributed by atoms with E-state index in [1.54, 1.807) is 41.7 Å². The van der Waals surface area contributed by atoms with Crippen molar-refractivity contribution >= 4 is 51.8 Å². The smallest absolute Gasteiger partial charge is 0.270 e. The minimum atomic E-state index is -0.340. The first-order chi connectivity index (χ1) is 18.3. The van der Waals surface area contributed by atoms with E-state index in [-0.39, 0.29) is 22.8 Å². The van der Waals surface area contributed by atoms with Gasteiger partial charge in [0.2, 0.25) is 0 Å². The Morgan fingerprint density at radius 2 is 1.82 bits per heavy atom. The van der Waals surface area contributed by atoms with Crippen LogP contribution < -0.4 is 15.4 Å². The van der Waals surface area contributed by atoms with Gasteiger partial charge in [-0.15, -0.1) is 0 Å². The number of carbonyl (C=O) groups excluding carboxylic acids is 1. The van der Waals surface area contributed by atoms with Crippen LogP contribution in [-0.2, 0) is 16.1 Å². The number of piperazine rings is 1. The summed E-state index contributed by atoms with van der Waals surface area (Å²) in [5, 5.41) is 9.80. The van der Waals surface area contributed by atoms with Gasteiger partial charge in [-0.05, 0) is 56.2 Å². The number of nitriles is 1. The van der Waals surface area contributed by atoms with Gasteiger partial charge in [-0.2, -0.15) is 5.26 Å². The fraction of sp³-hybridized carbons (Fsp3) is 0.407. The first kappa shape index (κ1) is 27.8. The molecule has 2 aromatic rings. The predicted octanol–water partition coefficient (Wildman–Crippen LogP) is 3.75. The number of rotatable bonds is 8. The van der Waals surface area contributed by atoms with E-state index in [0.29, 0.717) is 78.5 Å². The van der Waals surface area contributed by atoms with Crippen molar-refractivity contribution < 1.29 is 13.9 Å². The fourth-order valence-corrected chi connectivity index (χ4v) is 6.09. The predicted molar refractivity (Wildman–Crippen MR) is 153 cm³/mol. The number of pyridine rings is 1. The summed E-state index contributed by atoms with van der Waals surface area (Å²) in [5.74, 6) is 0.230. The second-order valence-electron chi connectivity index (χ2n) is 9.03. The molecule has 0 unspecified atom stereocenters. The van der Waals surface area contributed by atoms with Crippen LogP contribution in [0, 0.1) is 24.1 Å². The molecule has 11 heteroatoms. The lowest BCUT2D eigenvalue weighted by atomic mass is 10.0. The van der Waals surface area contributed by atoms with Gasteiger partial charge in [0.05, 0.1) is 4.91 Å². The molecule has 4 rings (SSSR count). The monoisotopic (exact) mass is 555 g/mol. The number of amides is 1. The lowest BCUT2D eigenvalue weighted by Gasteiger charge is -2.39. The molecule has 2 aliphatic heterocycles. The topological polar surface area (TPSA) is 81.8 Å². The van der Waals surface area contributed by atoms with Gasteiger partial charge < -0.3 is 14.5 Å². The number of thioether (sulfide) groups is 1. The Bertz CT molecular complexity index is 1360. The number of methoxy groups -OCH3 is 1. The molecule has 38 heavy (non-hydrogen) atoms. The standard InChI is InChI=1S/C27H30FN5O3S2/c1-4-32-24(31-13-11-30(12-14-31)20-8-6-19(28)7-9-20)21(18(2)22(17-29)25(32)34)16-23-26(35)33(27(37)38-23)10-5-15-36-3/h6-9,16H,4-5,10-15H2,1-3H3/b23-16-. The molecule has 0 radical (unpaired) electrons. The summed E-state index contributed by atoms with van der Waals surface area (Å²) in [6, 6.07) is 8.49. The van der Waals surface area contributed by atoms with E-state index in [1.165, 1.54) is 23.9 Å². The third-order valence-electron chi connectivity index (χ3n) is 6.81. The van der Waals surface area contributed by atoms with E-state index in [0.717, 1.165) is 5.69 Å². The van der Waals surface area contributed by atoms with Gasteiger partial charge in [0.25, 0.3) is 11.5 Å². The molecule has 2 fully saturated rings. The second-order valence-corrected chi connectivity index (χ2v) is 10.7. The number of ether oxygens (including phenoxy) is 1. The van der Waals surface area contributed by atoms with Crippen molar-refractivity contribution in [3.05, 3.63) is 62.0 Å². The van der Waals surface area contributed by atoms with Gasteiger partial charge in [0.1, 0.15) is 27.6 Å². The highest BCUT2D eigenvalue weighted by molar-refractivity contribution is 8.26. The number of thiocarbonyl (C=S) groups is 1. The Kier molecular flexibility index (Phi) is 8.87. The van der Waals surface area contributed by atoms with Crippen LogP contribution in [-0.4, -0.2) is 66.1 Å². The number of hydrogen-bond donors (Lipinski definition) is 0. The van der Waals surface area contributed by atoms with Gasteiger partial charge in [-0.3, -0.25) is 19.1 Å². The number of carbonyl (C=O) groups is 1. The van der Waals surface area contributed by atoms with Crippen molar-refractivity contribution in [2.24, 2.45) is 0 Å². The zero-order valence-corrected chi connectivity index (χ0v) is 23.3. The van der Waals surface area contributed by atoms with Crippen molar-refractivity contribution in [1.29, 1.82) is 5.26 Å². The molecule has 0 N–H and O–H groups in total. The van der Waals surface area contributed by atoms with Crippen LogP contribution in [0.4, 0.5) is 15.9 Å². The Morgan fingerprint density at radius 1 is 1.16 bits per heavy atom. The third kappa shape index (κ3) is 5.48. The minimum Gasteiger partial charge on any atom is -0.385 e. The first-order valence-corrected chi connectivity index (χ1v) is 13.7. The minimum absolute atomic E-state index is 0.0716. The van der Waals surface area contributed by atoms with Crippen LogP contribution in [0.3, 0.4) is 0 Å². The molecule has 2 saturated heterocycles. The maximum absolute atomic E-state index is 13.4. The Labute approximate surface area is 231 Å². The molecular formula is C27H30FN5O3S2. The van der Waals surface area contributed by atoms with Crippen molar-refractivity contribution in [1.82, 2.24) is 9.47 Å². The van der Waals surface area contributed by atoms with Gasteiger partial charge >= 0.3 is 0 Å². The maximum Gasteiger partial charge on any atom is 0.270 e.